The first kappa shape index (κ1) is 17.5. The quantitative estimate of drug-likeness (QED) is 0.760. The summed E-state index contributed by atoms with van der Waals surface area (Å²) >= 11 is 0. The fourth-order valence-corrected chi connectivity index (χ4v) is 2.26. The molecule has 0 atom stereocenters. The number of benzene rings is 2. The first-order valence-electron chi connectivity index (χ1n) is 7.60. The van der Waals surface area contributed by atoms with Gasteiger partial charge in [0.1, 0.15) is 5.75 Å². The van der Waals surface area contributed by atoms with Crippen LogP contribution in [-0.2, 0) is 4.79 Å². The third-order valence-corrected chi connectivity index (χ3v) is 3.48. The molecule has 0 spiro atoms. The number of para-hydroxylation sites is 1. The van der Waals surface area contributed by atoms with Gasteiger partial charge >= 0.3 is 0 Å². The van der Waals surface area contributed by atoms with E-state index in [-0.39, 0.29) is 18.2 Å². The van der Waals surface area contributed by atoms with Crippen molar-refractivity contribution >= 4 is 23.2 Å². The van der Waals surface area contributed by atoms with Crippen molar-refractivity contribution in [3.8, 4) is 5.75 Å². The molecule has 2 rings (SSSR count). The highest BCUT2D eigenvalue weighted by atomic mass is 16.5. The molecule has 0 aliphatic heterocycles. The molecule has 126 valence electrons. The van der Waals surface area contributed by atoms with Crippen LogP contribution < -0.4 is 21.1 Å². The predicted octanol–water partition coefficient (Wildman–Crippen LogP) is 2.54. The van der Waals surface area contributed by atoms with Gasteiger partial charge in [0.15, 0.2) is 0 Å². The highest BCUT2D eigenvalue weighted by molar-refractivity contribution is 6.06. The zero-order chi connectivity index (χ0) is 17.5. The lowest BCUT2D eigenvalue weighted by molar-refractivity contribution is -0.116. The average Bonchev–Trinajstić information content (AvgIpc) is 2.57. The molecule has 0 heterocycles. The minimum absolute atomic E-state index is 0.136. The largest absolute Gasteiger partial charge is 0.496 e. The Kier molecular flexibility index (Phi) is 5.92. The maximum atomic E-state index is 12.4. The van der Waals surface area contributed by atoms with E-state index in [0.29, 0.717) is 29.2 Å². The number of amides is 2. The maximum Gasteiger partial charge on any atom is 0.259 e. The summed E-state index contributed by atoms with van der Waals surface area (Å²) in [5, 5.41) is 5.62. The Hall–Kier alpha value is -2.86. The number of carbonyl (C=O) groups is 2. The number of hydrogen-bond donors (Lipinski definition) is 3. The van der Waals surface area contributed by atoms with Gasteiger partial charge in [0, 0.05) is 24.3 Å². The van der Waals surface area contributed by atoms with Crippen LogP contribution in [0, 0.1) is 6.92 Å². The Morgan fingerprint density at radius 3 is 2.54 bits per heavy atom. The zero-order valence-corrected chi connectivity index (χ0v) is 13.8. The molecule has 0 saturated carbocycles. The molecular weight excluding hydrogens is 306 g/mol. The summed E-state index contributed by atoms with van der Waals surface area (Å²) in [5.41, 5.74) is 7.98. The van der Waals surface area contributed by atoms with Gasteiger partial charge in [-0.15, -0.1) is 0 Å². The van der Waals surface area contributed by atoms with E-state index in [0.717, 1.165) is 5.56 Å². The van der Waals surface area contributed by atoms with Crippen molar-refractivity contribution in [2.24, 2.45) is 5.73 Å². The van der Waals surface area contributed by atoms with E-state index in [1.807, 2.05) is 6.92 Å². The van der Waals surface area contributed by atoms with Crippen molar-refractivity contribution in [2.75, 3.05) is 24.3 Å². The van der Waals surface area contributed by atoms with E-state index in [9.17, 15) is 9.59 Å². The van der Waals surface area contributed by atoms with Crippen LogP contribution in [0.1, 0.15) is 22.3 Å². The standard InChI is InChI=1S/C18H21N3O3/c1-12-11-13(20-17(22)9-10-19)7-8-15(12)21-18(23)14-5-3-4-6-16(14)24-2/h3-8,11H,9-10,19H2,1-2H3,(H,20,22)(H,21,23). The van der Waals surface area contributed by atoms with Crippen LogP contribution in [0.15, 0.2) is 42.5 Å². The summed E-state index contributed by atoms with van der Waals surface area (Å²) < 4.78 is 5.20. The summed E-state index contributed by atoms with van der Waals surface area (Å²) in [6, 6.07) is 12.3. The van der Waals surface area contributed by atoms with Gasteiger partial charge in [-0.25, -0.2) is 0 Å². The second-order valence-corrected chi connectivity index (χ2v) is 5.27. The molecule has 2 aromatic rings. The lowest BCUT2D eigenvalue weighted by Gasteiger charge is -2.12. The van der Waals surface area contributed by atoms with E-state index in [1.165, 1.54) is 7.11 Å². The highest BCUT2D eigenvalue weighted by Crippen LogP contribution is 2.23. The normalized spacial score (nSPS) is 10.1. The van der Waals surface area contributed by atoms with Crippen LogP contribution in [-0.4, -0.2) is 25.5 Å². The third-order valence-electron chi connectivity index (χ3n) is 3.48. The second-order valence-electron chi connectivity index (χ2n) is 5.27. The van der Waals surface area contributed by atoms with E-state index in [4.69, 9.17) is 10.5 Å². The number of rotatable bonds is 6. The minimum atomic E-state index is -0.254. The molecule has 0 unspecified atom stereocenters. The van der Waals surface area contributed by atoms with Crippen molar-refractivity contribution in [1.82, 2.24) is 0 Å². The van der Waals surface area contributed by atoms with Crippen LogP contribution in [0.4, 0.5) is 11.4 Å². The zero-order valence-electron chi connectivity index (χ0n) is 13.8. The van der Waals surface area contributed by atoms with E-state index < -0.39 is 0 Å². The lowest BCUT2D eigenvalue weighted by atomic mass is 10.1. The predicted molar refractivity (Wildman–Crippen MR) is 94.4 cm³/mol. The van der Waals surface area contributed by atoms with Crippen LogP contribution >= 0.6 is 0 Å². The van der Waals surface area contributed by atoms with Crippen LogP contribution in [0.25, 0.3) is 0 Å². The monoisotopic (exact) mass is 327 g/mol. The lowest BCUT2D eigenvalue weighted by Crippen LogP contribution is -2.17. The molecule has 6 heteroatoms. The smallest absolute Gasteiger partial charge is 0.259 e. The van der Waals surface area contributed by atoms with Gasteiger partial charge in [-0.3, -0.25) is 9.59 Å². The molecule has 2 amide bonds. The fourth-order valence-electron chi connectivity index (χ4n) is 2.26. The topological polar surface area (TPSA) is 93.5 Å². The van der Waals surface area contributed by atoms with Gasteiger partial charge < -0.3 is 21.1 Å². The van der Waals surface area contributed by atoms with Gasteiger partial charge in [-0.05, 0) is 42.8 Å². The molecule has 6 nitrogen and oxygen atoms in total. The first-order valence-corrected chi connectivity index (χ1v) is 7.60. The average molecular weight is 327 g/mol. The Labute approximate surface area is 141 Å². The van der Waals surface area contributed by atoms with Gasteiger partial charge in [0.05, 0.1) is 12.7 Å². The van der Waals surface area contributed by atoms with Crippen molar-refractivity contribution in [3.63, 3.8) is 0 Å². The summed E-state index contributed by atoms with van der Waals surface area (Å²) in [6.45, 7) is 2.16. The Morgan fingerprint density at radius 2 is 1.88 bits per heavy atom. The molecule has 0 aromatic heterocycles. The van der Waals surface area contributed by atoms with Gasteiger partial charge in [0.25, 0.3) is 5.91 Å². The number of carbonyl (C=O) groups excluding carboxylic acids is 2. The molecule has 0 bridgehead atoms. The third kappa shape index (κ3) is 4.33. The highest BCUT2D eigenvalue weighted by Gasteiger charge is 2.13. The van der Waals surface area contributed by atoms with E-state index in [2.05, 4.69) is 10.6 Å². The van der Waals surface area contributed by atoms with Crippen molar-refractivity contribution in [3.05, 3.63) is 53.6 Å². The number of aryl methyl sites for hydroxylation is 1. The number of methoxy groups -OCH3 is 1. The number of nitrogens with one attached hydrogen (secondary N) is 2. The van der Waals surface area contributed by atoms with Crippen molar-refractivity contribution in [2.45, 2.75) is 13.3 Å². The molecule has 0 aliphatic carbocycles. The molecule has 0 fully saturated rings. The number of anilines is 2. The van der Waals surface area contributed by atoms with Gasteiger partial charge in [-0.2, -0.15) is 0 Å². The number of hydrogen-bond acceptors (Lipinski definition) is 4. The molecule has 24 heavy (non-hydrogen) atoms. The van der Waals surface area contributed by atoms with Gasteiger partial charge in [0.2, 0.25) is 5.91 Å². The first-order chi connectivity index (χ1) is 11.5. The Bertz CT molecular complexity index is 744. The van der Waals surface area contributed by atoms with Crippen molar-refractivity contribution < 1.29 is 14.3 Å². The second kappa shape index (κ2) is 8.12. The molecule has 0 radical (unpaired) electrons. The summed E-state index contributed by atoms with van der Waals surface area (Å²) in [7, 11) is 1.52. The molecule has 0 aliphatic rings. The molecule has 4 N–H and O–H groups in total. The van der Waals surface area contributed by atoms with E-state index in [1.54, 1.807) is 42.5 Å². The molecule has 0 saturated heterocycles. The van der Waals surface area contributed by atoms with Crippen LogP contribution in [0.5, 0.6) is 5.75 Å². The molecule has 2 aromatic carbocycles. The maximum absolute atomic E-state index is 12.4. The Balaban J connectivity index is 2.12. The van der Waals surface area contributed by atoms with Gasteiger partial charge in [-0.1, -0.05) is 12.1 Å². The summed E-state index contributed by atoms with van der Waals surface area (Å²) in [6.07, 6.45) is 0.269. The van der Waals surface area contributed by atoms with Crippen molar-refractivity contribution in [1.29, 1.82) is 0 Å². The number of nitrogens with two attached hydrogens (primary N) is 1. The summed E-state index contributed by atoms with van der Waals surface area (Å²) in [4.78, 5) is 24.0. The Morgan fingerprint density at radius 1 is 1.12 bits per heavy atom. The summed E-state index contributed by atoms with van der Waals surface area (Å²) in [5.74, 6) is 0.122. The SMILES string of the molecule is COc1ccccc1C(=O)Nc1ccc(NC(=O)CCN)cc1C. The molecular formula is C18H21N3O3. The number of ether oxygens (including phenoxy) is 1. The van der Waals surface area contributed by atoms with Crippen LogP contribution in [0.2, 0.25) is 0 Å². The fraction of sp³-hybridized carbons (Fsp3) is 0.222. The van der Waals surface area contributed by atoms with Crippen LogP contribution in [0.3, 0.4) is 0 Å². The van der Waals surface area contributed by atoms with E-state index >= 15 is 0 Å². The minimum Gasteiger partial charge on any atom is -0.496 e.